The first-order valence-electron chi connectivity index (χ1n) is 7.55. The predicted octanol–water partition coefficient (Wildman–Crippen LogP) is 1.53. The lowest BCUT2D eigenvalue weighted by atomic mass is 10.1. The maximum Gasteiger partial charge on any atom is 0.268 e. The van der Waals surface area contributed by atoms with Gasteiger partial charge in [0.2, 0.25) is 5.91 Å². The van der Waals surface area contributed by atoms with Gasteiger partial charge in [-0.15, -0.1) is 0 Å². The van der Waals surface area contributed by atoms with Crippen LogP contribution in [0.25, 0.3) is 10.9 Å². The Kier molecular flexibility index (Phi) is 4.54. The average Bonchev–Trinajstić information content (AvgIpc) is 2.96. The summed E-state index contributed by atoms with van der Waals surface area (Å²) < 4.78 is 0. The molecule has 7 heteroatoms. The van der Waals surface area contributed by atoms with Gasteiger partial charge in [0, 0.05) is 29.0 Å². The number of aliphatic hydroxyl groups is 1. The Labute approximate surface area is 138 Å². The third-order valence-electron chi connectivity index (χ3n) is 4.04. The first-order valence-corrected chi connectivity index (χ1v) is 7.93. The molecule has 0 bridgehead atoms. The molecule has 0 saturated carbocycles. The molecule has 0 radical (unpaired) electrons. The van der Waals surface area contributed by atoms with Gasteiger partial charge in [-0.1, -0.05) is 11.6 Å². The largest absolute Gasteiger partial charge is 0.393 e. The molecule has 23 heavy (non-hydrogen) atoms. The molecular formula is C16H18ClN3O3. The Balaban J connectivity index is 1.58. The molecule has 3 rings (SSSR count). The third kappa shape index (κ3) is 3.65. The van der Waals surface area contributed by atoms with Crippen molar-refractivity contribution in [2.45, 2.75) is 18.9 Å². The van der Waals surface area contributed by atoms with E-state index < -0.39 is 0 Å². The number of benzene rings is 1. The number of hydrogen-bond acceptors (Lipinski definition) is 3. The molecule has 0 aliphatic carbocycles. The summed E-state index contributed by atoms with van der Waals surface area (Å²) in [4.78, 5) is 28.9. The van der Waals surface area contributed by atoms with Crippen LogP contribution in [0.3, 0.4) is 0 Å². The number of amides is 2. The van der Waals surface area contributed by atoms with Crippen LogP contribution >= 0.6 is 11.6 Å². The van der Waals surface area contributed by atoms with Crippen molar-refractivity contribution in [3.05, 3.63) is 35.0 Å². The standard InChI is InChI=1S/C16H18ClN3O3/c17-11-1-2-13-10(7-11)8-14(19-13)16(23)18-9-15(22)20-5-3-12(21)4-6-20/h1-2,7-8,12,19,21H,3-6,9H2,(H,18,23). The van der Waals surface area contributed by atoms with Crippen LogP contribution in [0, 0.1) is 0 Å². The first-order chi connectivity index (χ1) is 11.0. The van der Waals surface area contributed by atoms with Crippen molar-refractivity contribution < 1.29 is 14.7 Å². The highest BCUT2D eigenvalue weighted by molar-refractivity contribution is 6.31. The number of nitrogens with one attached hydrogen (secondary N) is 2. The van der Waals surface area contributed by atoms with E-state index in [0.717, 1.165) is 10.9 Å². The Morgan fingerprint density at radius 2 is 2.04 bits per heavy atom. The van der Waals surface area contributed by atoms with Crippen molar-refractivity contribution in [1.82, 2.24) is 15.2 Å². The minimum Gasteiger partial charge on any atom is -0.393 e. The van der Waals surface area contributed by atoms with E-state index >= 15 is 0 Å². The van der Waals surface area contributed by atoms with Crippen molar-refractivity contribution in [2.24, 2.45) is 0 Å². The topological polar surface area (TPSA) is 85.4 Å². The van der Waals surface area contributed by atoms with E-state index in [4.69, 9.17) is 11.6 Å². The highest BCUT2D eigenvalue weighted by Crippen LogP contribution is 2.20. The van der Waals surface area contributed by atoms with Crippen LogP contribution in [0.4, 0.5) is 0 Å². The molecule has 1 fully saturated rings. The smallest absolute Gasteiger partial charge is 0.268 e. The maximum atomic E-state index is 12.2. The summed E-state index contributed by atoms with van der Waals surface area (Å²) in [6.07, 6.45) is 0.845. The van der Waals surface area contributed by atoms with Gasteiger partial charge in [-0.3, -0.25) is 9.59 Å². The number of aromatic amines is 1. The predicted molar refractivity (Wildman–Crippen MR) is 87.5 cm³/mol. The highest BCUT2D eigenvalue weighted by Gasteiger charge is 2.21. The van der Waals surface area contributed by atoms with Crippen LogP contribution in [0.5, 0.6) is 0 Å². The third-order valence-corrected chi connectivity index (χ3v) is 4.28. The lowest BCUT2D eigenvalue weighted by Crippen LogP contribution is -2.45. The van der Waals surface area contributed by atoms with Crippen molar-refractivity contribution in [1.29, 1.82) is 0 Å². The van der Waals surface area contributed by atoms with Gasteiger partial charge in [-0.05, 0) is 37.1 Å². The van der Waals surface area contributed by atoms with Crippen LogP contribution in [0.1, 0.15) is 23.3 Å². The molecule has 0 atom stereocenters. The van der Waals surface area contributed by atoms with Crippen molar-refractivity contribution >= 4 is 34.3 Å². The monoisotopic (exact) mass is 335 g/mol. The van der Waals surface area contributed by atoms with E-state index in [1.165, 1.54) is 0 Å². The second kappa shape index (κ2) is 6.60. The molecule has 3 N–H and O–H groups in total. The van der Waals surface area contributed by atoms with Gasteiger partial charge < -0.3 is 20.3 Å². The number of halogens is 1. The Hall–Kier alpha value is -2.05. The minimum absolute atomic E-state index is 0.0505. The zero-order valence-corrected chi connectivity index (χ0v) is 13.3. The van der Waals surface area contributed by atoms with Gasteiger partial charge in [0.25, 0.3) is 5.91 Å². The zero-order valence-electron chi connectivity index (χ0n) is 12.5. The fraction of sp³-hybridized carbons (Fsp3) is 0.375. The van der Waals surface area contributed by atoms with Gasteiger partial charge in [-0.25, -0.2) is 0 Å². The molecule has 1 aliphatic rings. The van der Waals surface area contributed by atoms with Crippen LogP contribution in [-0.2, 0) is 4.79 Å². The molecule has 2 amide bonds. The van der Waals surface area contributed by atoms with E-state index in [0.29, 0.717) is 36.6 Å². The number of hydrogen-bond donors (Lipinski definition) is 3. The lowest BCUT2D eigenvalue weighted by molar-refractivity contribution is -0.132. The maximum absolute atomic E-state index is 12.2. The van der Waals surface area contributed by atoms with Crippen LogP contribution in [0.15, 0.2) is 24.3 Å². The quantitative estimate of drug-likeness (QED) is 0.795. The first kappa shape index (κ1) is 15.8. The Bertz CT molecular complexity index is 735. The molecule has 122 valence electrons. The number of rotatable bonds is 3. The van der Waals surface area contributed by atoms with E-state index in [1.54, 1.807) is 29.2 Å². The van der Waals surface area contributed by atoms with E-state index in [-0.39, 0.29) is 24.5 Å². The van der Waals surface area contributed by atoms with Gasteiger partial charge in [-0.2, -0.15) is 0 Å². The number of aromatic nitrogens is 1. The Morgan fingerprint density at radius 3 is 2.78 bits per heavy atom. The zero-order chi connectivity index (χ0) is 16.4. The van der Waals surface area contributed by atoms with Crippen LogP contribution < -0.4 is 5.32 Å². The highest BCUT2D eigenvalue weighted by atomic mass is 35.5. The van der Waals surface area contributed by atoms with Crippen molar-refractivity contribution in [3.8, 4) is 0 Å². The molecule has 1 aromatic carbocycles. The number of piperidine rings is 1. The summed E-state index contributed by atoms with van der Waals surface area (Å²) in [6, 6.07) is 7.03. The van der Waals surface area contributed by atoms with E-state index in [9.17, 15) is 14.7 Å². The van der Waals surface area contributed by atoms with Gasteiger partial charge in [0.1, 0.15) is 5.69 Å². The lowest BCUT2D eigenvalue weighted by Gasteiger charge is -2.29. The number of aliphatic hydroxyl groups excluding tert-OH is 1. The molecule has 2 aromatic rings. The second-order valence-corrected chi connectivity index (χ2v) is 6.15. The number of carbonyl (C=O) groups is 2. The molecule has 2 heterocycles. The second-order valence-electron chi connectivity index (χ2n) is 5.71. The van der Waals surface area contributed by atoms with Gasteiger partial charge in [0.15, 0.2) is 0 Å². The van der Waals surface area contributed by atoms with Crippen LogP contribution in [0.2, 0.25) is 5.02 Å². The number of fused-ring (bicyclic) bond motifs is 1. The summed E-state index contributed by atoms with van der Waals surface area (Å²) >= 11 is 5.92. The molecule has 6 nitrogen and oxygen atoms in total. The number of carbonyl (C=O) groups excluding carboxylic acids is 2. The summed E-state index contributed by atoms with van der Waals surface area (Å²) in [5.41, 5.74) is 1.21. The molecule has 1 saturated heterocycles. The normalized spacial score (nSPS) is 15.8. The molecule has 0 unspecified atom stereocenters. The minimum atomic E-state index is -0.331. The van der Waals surface area contributed by atoms with Gasteiger partial charge >= 0.3 is 0 Å². The molecular weight excluding hydrogens is 318 g/mol. The van der Waals surface area contributed by atoms with Crippen molar-refractivity contribution in [2.75, 3.05) is 19.6 Å². The van der Waals surface area contributed by atoms with Gasteiger partial charge in [0.05, 0.1) is 12.6 Å². The summed E-state index contributed by atoms with van der Waals surface area (Å²) in [7, 11) is 0. The summed E-state index contributed by atoms with van der Waals surface area (Å²) in [5, 5.41) is 13.5. The fourth-order valence-corrected chi connectivity index (χ4v) is 2.88. The molecule has 0 spiro atoms. The fourth-order valence-electron chi connectivity index (χ4n) is 2.70. The molecule has 1 aliphatic heterocycles. The van der Waals surface area contributed by atoms with Crippen LogP contribution in [-0.4, -0.2) is 52.5 Å². The number of H-pyrrole nitrogens is 1. The van der Waals surface area contributed by atoms with E-state index in [2.05, 4.69) is 10.3 Å². The average molecular weight is 336 g/mol. The van der Waals surface area contributed by atoms with Crippen molar-refractivity contribution in [3.63, 3.8) is 0 Å². The summed E-state index contributed by atoms with van der Waals surface area (Å²) in [6.45, 7) is 1.01. The molecule has 1 aromatic heterocycles. The summed E-state index contributed by atoms with van der Waals surface area (Å²) in [5.74, 6) is -0.466. The number of nitrogens with zero attached hydrogens (tertiary/aromatic N) is 1. The SMILES string of the molecule is O=C(NCC(=O)N1CCC(O)CC1)c1cc2cc(Cl)ccc2[nH]1. The van der Waals surface area contributed by atoms with E-state index in [1.807, 2.05) is 0 Å². The Morgan fingerprint density at radius 1 is 1.30 bits per heavy atom. The number of likely N-dealkylation sites (tertiary alicyclic amines) is 1.